The van der Waals surface area contributed by atoms with E-state index in [1.807, 2.05) is 6.08 Å². The number of ether oxygens (including phenoxy) is 2. The van der Waals surface area contributed by atoms with Gasteiger partial charge in [0.25, 0.3) is 0 Å². The highest BCUT2D eigenvalue weighted by atomic mass is 32.3. The van der Waals surface area contributed by atoms with Crippen molar-refractivity contribution in [3.8, 4) is 0 Å². The Morgan fingerprint density at radius 3 is 1.83 bits per heavy atom. The molecule has 1 rings (SSSR count). The largest absolute Gasteiger partial charge is 0.397 e. The first kappa shape index (κ1) is 48.3. The van der Waals surface area contributed by atoms with Crippen LogP contribution in [-0.4, -0.2) is 95.4 Å². The zero-order valence-corrected chi connectivity index (χ0v) is 32.7. The summed E-state index contributed by atoms with van der Waals surface area (Å²) in [5.41, 5.74) is 0. The first-order valence-electron chi connectivity index (χ1n) is 19.9. The molecule has 0 spiro atoms. The number of carbonyl (C=O) groups excluding carboxylic acids is 1. The molecule has 1 aliphatic rings. The summed E-state index contributed by atoms with van der Waals surface area (Å²) in [4.78, 5) is 12.9. The van der Waals surface area contributed by atoms with Crippen LogP contribution in [0.25, 0.3) is 0 Å². The first-order chi connectivity index (χ1) is 25.0. The molecule has 0 aromatic rings. The molecule has 1 fully saturated rings. The van der Waals surface area contributed by atoms with E-state index in [4.69, 9.17) is 14.0 Å². The van der Waals surface area contributed by atoms with Gasteiger partial charge in [-0.3, -0.25) is 9.35 Å². The molecule has 6 N–H and O–H groups in total. The van der Waals surface area contributed by atoms with E-state index in [2.05, 4.69) is 47.7 Å². The monoisotopic (exact) mass is 761 g/mol. The second kappa shape index (κ2) is 30.6. The maximum Gasteiger partial charge on any atom is 0.397 e. The Morgan fingerprint density at radius 1 is 0.769 bits per heavy atom. The number of hydrogen-bond acceptors (Lipinski definition) is 10. The van der Waals surface area contributed by atoms with Crippen molar-refractivity contribution in [3.63, 3.8) is 0 Å². The zero-order chi connectivity index (χ0) is 38.5. The number of allylic oxidation sites excluding steroid dienone is 5. The van der Waals surface area contributed by atoms with Gasteiger partial charge in [0.1, 0.15) is 24.4 Å². The Kier molecular flexibility index (Phi) is 28.5. The van der Waals surface area contributed by atoms with Crippen molar-refractivity contribution < 1.29 is 51.8 Å². The number of carbonyl (C=O) groups is 1. The molecule has 13 heteroatoms. The summed E-state index contributed by atoms with van der Waals surface area (Å²) in [6, 6.07) is -0.947. The van der Waals surface area contributed by atoms with Gasteiger partial charge >= 0.3 is 10.4 Å². The summed E-state index contributed by atoms with van der Waals surface area (Å²) in [6.07, 6.45) is 24.8. The predicted octanol–water partition coefficient (Wildman–Crippen LogP) is 6.38. The minimum atomic E-state index is -5.08. The van der Waals surface area contributed by atoms with Gasteiger partial charge in [-0.25, -0.2) is 4.18 Å². The van der Waals surface area contributed by atoms with Crippen LogP contribution in [0.4, 0.5) is 0 Å². The zero-order valence-electron chi connectivity index (χ0n) is 31.9. The minimum Gasteiger partial charge on any atom is -0.394 e. The summed E-state index contributed by atoms with van der Waals surface area (Å²) in [5.74, 6) is -0.279. The van der Waals surface area contributed by atoms with E-state index in [1.165, 1.54) is 51.4 Å². The van der Waals surface area contributed by atoms with Crippen molar-refractivity contribution in [3.05, 3.63) is 36.5 Å². The minimum absolute atomic E-state index is 0.254. The molecule has 0 aromatic carbocycles. The Morgan fingerprint density at radius 2 is 1.27 bits per heavy atom. The molecule has 1 saturated heterocycles. The van der Waals surface area contributed by atoms with Gasteiger partial charge in [-0.05, 0) is 44.9 Å². The smallest absolute Gasteiger partial charge is 0.394 e. The van der Waals surface area contributed by atoms with Gasteiger partial charge < -0.3 is 35.2 Å². The summed E-state index contributed by atoms with van der Waals surface area (Å²) >= 11 is 0. The van der Waals surface area contributed by atoms with E-state index >= 15 is 0 Å². The molecule has 1 aliphatic heterocycles. The van der Waals surface area contributed by atoms with Crippen molar-refractivity contribution in [2.45, 2.75) is 192 Å². The summed E-state index contributed by atoms with van der Waals surface area (Å²) in [5, 5.41) is 44.4. The Bertz CT molecular complexity index is 1080. The molecule has 1 heterocycles. The van der Waals surface area contributed by atoms with Crippen LogP contribution in [-0.2, 0) is 28.9 Å². The summed E-state index contributed by atoms with van der Waals surface area (Å²) < 4.78 is 47.3. The van der Waals surface area contributed by atoms with E-state index in [0.29, 0.717) is 6.42 Å². The number of amides is 1. The van der Waals surface area contributed by atoms with Crippen LogP contribution < -0.4 is 5.32 Å². The highest BCUT2D eigenvalue weighted by molar-refractivity contribution is 7.80. The Hall–Kier alpha value is -1.68. The summed E-state index contributed by atoms with van der Waals surface area (Å²) in [7, 11) is -5.08. The van der Waals surface area contributed by atoms with Crippen LogP contribution >= 0.6 is 0 Å². The fraction of sp³-hybridized carbons (Fsp3) is 0.821. The molecule has 52 heavy (non-hydrogen) atoms. The van der Waals surface area contributed by atoms with Crippen LogP contribution in [0.3, 0.4) is 0 Å². The van der Waals surface area contributed by atoms with E-state index < -0.39 is 59.9 Å². The topological polar surface area (TPSA) is 192 Å². The number of hydrogen-bond donors (Lipinski definition) is 6. The van der Waals surface area contributed by atoms with Gasteiger partial charge in [-0.15, -0.1) is 0 Å². The predicted molar refractivity (Wildman–Crippen MR) is 204 cm³/mol. The molecule has 0 radical (unpaired) electrons. The Labute approximate surface area is 314 Å². The number of unbranched alkanes of at least 4 members (excludes halogenated alkanes) is 17. The number of rotatable bonds is 32. The number of aliphatic hydroxyl groups is 4. The lowest BCUT2D eigenvalue weighted by Gasteiger charge is -2.41. The van der Waals surface area contributed by atoms with Gasteiger partial charge in [0.2, 0.25) is 5.91 Å². The molecule has 0 aliphatic carbocycles. The standard InChI is InChI=1S/C39H71NO11S/c1-3-5-7-9-11-13-15-16-17-18-19-21-23-25-27-29-35(43)40-32(33(42)28-26-24-22-20-14-12-10-8-6-4-2)31-49-39-37(45)38(51-52(46,47)48)36(44)34(30-41)50-39/h11,13,15-16,26,28,32-34,36-39,41-42,44-45H,3-10,12,14,17-25,27,29-31H2,1-2H3,(H,40,43)(H,46,47,48)/b13-11-,16-15-,28-26+. The maximum atomic E-state index is 12.9. The van der Waals surface area contributed by atoms with Crippen LogP contribution in [0.15, 0.2) is 36.5 Å². The Balaban J connectivity index is 2.62. The molecule has 12 nitrogen and oxygen atoms in total. The van der Waals surface area contributed by atoms with E-state index in [0.717, 1.165) is 70.6 Å². The molecule has 0 saturated carbocycles. The highest BCUT2D eigenvalue weighted by Gasteiger charge is 2.48. The molecule has 0 aromatic heterocycles. The van der Waals surface area contributed by atoms with Gasteiger partial charge in [0, 0.05) is 6.42 Å². The third-order valence-corrected chi connectivity index (χ3v) is 9.66. The lowest BCUT2D eigenvalue weighted by Crippen LogP contribution is -2.61. The third-order valence-electron chi connectivity index (χ3n) is 9.19. The number of nitrogens with one attached hydrogen (secondary N) is 1. The van der Waals surface area contributed by atoms with Gasteiger partial charge in [0.15, 0.2) is 6.29 Å². The lowest BCUT2D eigenvalue weighted by molar-refractivity contribution is -0.298. The van der Waals surface area contributed by atoms with Crippen molar-refractivity contribution >= 4 is 16.3 Å². The van der Waals surface area contributed by atoms with Crippen molar-refractivity contribution in [1.82, 2.24) is 5.32 Å². The SMILES string of the molecule is CCCCC/C=C\C=C/CCCCCCCCC(=O)NC(COC1OC(CO)C(O)C(OS(=O)(=O)O)C1O)C(O)/C=C/CCCCCCCCCC. The average Bonchev–Trinajstić information content (AvgIpc) is 3.11. The van der Waals surface area contributed by atoms with Crippen LogP contribution in [0.2, 0.25) is 0 Å². The van der Waals surface area contributed by atoms with Crippen molar-refractivity contribution in [2.24, 2.45) is 0 Å². The van der Waals surface area contributed by atoms with E-state index in [9.17, 15) is 33.6 Å². The van der Waals surface area contributed by atoms with Crippen LogP contribution in [0, 0.1) is 0 Å². The molecule has 1 amide bonds. The third kappa shape index (κ3) is 23.9. The maximum absolute atomic E-state index is 12.9. The number of aliphatic hydroxyl groups excluding tert-OH is 4. The molecule has 7 unspecified atom stereocenters. The summed E-state index contributed by atoms with van der Waals surface area (Å²) in [6.45, 7) is 3.29. The van der Waals surface area contributed by atoms with Crippen molar-refractivity contribution in [1.29, 1.82) is 0 Å². The molecule has 304 valence electrons. The van der Waals surface area contributed by atoms with Gasteiger partial charge in [0.05, 0.1) is 25.4 Å². The fourth-order valence-electron chi connectivity index (χ4n) is 6.03. The van der Waals surface area contributed by atoms with Crippen LogP contribution in [0.1, 0.15) is 149 Å². The van der Waals surface area contributed by atoms with Gasteiger partial charge in [-0.1, -0.05) is 134 Å². The molecule has 7 atom stereocenters. The fourth-order valence-corrected chi connectivity index (χ4v) is 6.54. The van der Waals surface area contributed by atoms with Crippen LogP contribution in [0.5, 0.6) is 0 Å². The van der Waals surface area contributed by atoms with Gasteiger partial charge in [-0.2, -0.15) is 8.42 Å². The average molecular weight is 762 g/mol. The lowest BCUT2D eigenvalue weighted by atomic mass is 9.99. The second-order valence-corrected chi connectivity index (χ2v) is 14.9. The molecular formula is C39H71NO11S. The van der Waals surface area contributed by atoms with E-state index in [1.54, 1.807) is 6.08 Å². The quantitative estimate of drug-likeness (QED) is 0.0193. The first-order valence-corrected chi connectivity index (χ1v) is 21.3. The second-order valence-electron chi connectivity index (χ2n) is 13.9. The molecular weight excluding hydrogens is 690 g/mol. The van der Waals surface area contributed by atoms with E-state index in [-0.39, 0.29) is 18.9 Å². The van der Waals surface area contributed by atoms with Crippen molar-refractivity contribution in [2.75, 3.05) is 13.2 Å². The molecule has 0 bridgehead atoms. The normalized spacial score (nSPS) is 22.5. The highest BCUT2D eigenvalue weighted by Crippen LogP contribution is 2.26.